The van der Waals surface area contributed by atoms with E-state index in [1.165, 1.54) is 12.4 Å². The van der Waals surface area contributed by atoms with Crippen molar-refractivity contribution in [1.82, 2.24) is 4.98 Å². The van der Waals surface area contributed by atoms with Crippen LogP contribution in [0.15, 0.2) is 18.5 Å². The number of rotatable bonds is 3. The Kier molecular flexibility index (Phi) is 2.51. The summed E-state index contributed by atoms with van der Waals surface area (Å²) in [4.78, 5) is 13.9. The van der Waals surface area contributed by atoms with E-state index in [9.17, 15) is 10.1 Å². The van der Waals surface area contributed by atoms with Gasteiger partial charge in [0.15, 0.2) is 0 Å². The average Bonchev–Trinajstić information content (AvgIpc) is 2.16. The molecule has 1 aromatic heterocycles. The summed E-state index contributed by atoms with van der Waals surface area (Å²) in [5, 5.41) is 22.8. The third-order valence-corrected chi connectivity index (χ3v) is 2.47. The summed E-state index contributed by atoms with van der Waals surface area (Å²) in [7, 11) is 0. The minimum Gasteiger partial charge on any atom is -0.393 e. The summed E-state index contributed by atoms with van der Waals surface area (Å²) in [5.41, 5.74) is 0.436. The van der Waals surface area contributed by atoms with Crippen molar-refractivity contribution in [2.75, 3.05) is 5.32 Å². The molecule has 80 valence electrons. The molecule has 1 aromatic rings. The van der Waals surface area contributed by atoms with Gasteiger partial charge in [0, 0.05) is 12.2 Å². The van der Waals surface area contributed by atoms with Crippen LogP contribution in [0, 0.1) is 10.1 Å². The molecule has 15 heavy (non-hydrogen) atoms. The normalized spacial score (nSPS) is 24.3. The highest BCUT2D eigenvalue weighted by Crippen LogP contribution is 2.28. The largest absolute Gasteiger partial charge is 0.393 e. The van der Waals surface area contributed by atoms with E-state index in [2.05, 4.69) is 10.3 Å². The lowest BCUT2D eigenvalue weighted by molar-refractivity contribution is -0.384. The van der Waals surface area contributed by atoms with Crippen LogP contribution < -0.4 is 5.32 Å². The Morgan fingerprint density at radius 1 is 1.60 bits per heavy atom. The third-order valence-electron chi connectivity index (χ3n) is 2.47. The van der Waals surface area contributed by atoms with Crippen molar-refractivity contribution in [1.29, 1.82) is 0 Å². The first-order valence-corrected chi connectivity index (χ1v) is 4.70. The van der Waals surface area contributed by atoms with Crippen LogP contribution in [0.4, 0.5) is 11.4 Å². The Bertz CT molecular complexity index is 377. The highest BCUT2D eigenvalue weighted by Gasteiger charge is 2.28. The number of hydrogen-bond donors (Lipinski definition) is 2. The maximum atomic E-state index is 10.7. The van der Waals surface area contributed by atoms with Crippen LogP contribution in [0.5, 0.6) is 0 Å². The highest BCUT2D eigenvalue weighted by molar-refractivity contribution is 5.60. The van der Waals surface area contributed by atoms with Gasteiger partial charge >= 0.3 is 5.69 Å². The van der Waals surface area contributed by atoms with E-state index in [-0.39, 0.29) is 17.8 Å². The van der Waals surface area contributed by atoms with Crippen LogP contribution in [-0.2, 0) is 0 Å². The minimum atomic E-state index is -0.468. The Morgan fingerprint density at radius 2 is 2.33 bits per heavy atom. The molecule has 1 aliphatic rings. The van der Waals surface area contributed by atoms with Gasteiger partial charge in [-0.3, -0.25) is 15.1 Å². The first-order chi connectivity index (χ1) is 7.16. The van der Waals surface area contributed by atoms with Gasteiger partial charge in [-0.2, -0.15) is 0 Å². The van der Waals surface area contributed by atoms with Gasteiger partial charge in [0.2, 0.25) is 0 Å². The fourth-order valence-electron chi connectivity index (χ4n) is 1.58. The molecule has 0 unspecified atom stereocenters. The summed E-state index contributed by atoms with van der Waals surface area (Å²) >= 11 is 0. The Labute approximate surface area is 86.1 Å². The molecule has 0 aromatic carbocycles. The van der Waals surface area contributed by atoms with Gasteiger partial charge in [-0.1, -0.05) is 0 Å². The second kappa shape index (κ2) is 3.82. The van der Waals surface area contributed by atoms with E-state index in [1.807, 2.05) is 0 Å². The smallest absolute Gasteiger partial charge is 0.310 e. The van der Waals surface area contributed by atoms with Crippen molar-refractivity contribution in [3.8, 4) is 0 Å². The van der Waals surface area contributed by atoms with Crippen molar-refractivity contribution in [3.05, 3.63) is 28.6 Å². The van der Waals surface area contributed by atoms with Gasteiger partial charge < -0.3 is 10.4 Å². The van der Waals surface area contributed by atoms with Crippen molar-refractivity contribution in [2.24, 2.45) is 0 Å². The standard InChI is InChI=1S/C9H11N3O3/c13-7-3-6(4-7)11-8-1-2-10-5-9(8)12(14)15/h1-2,5-7,13H,3-4H2,(H,10,11)/t6-,7+. The molecule has 2 N–H and O–H groups in total. The van der Waals surface area contributed by atoms with Crippen molar-refractivity contribution >= 4 is 11.4 Å². The lowest BCUT2D eigenvalue weighted by atomic mass is 9.89. The van der Waals surface area contributed by atoms with E-state index < -0.39 is 4.92 Å². The predicted molar refractivity (Wildman–Crippen MR) is 53.5 cm³/mol. The summed E-state index contributed by atoms with van der Waals surface area (Å²) in [6, 6.07) is 1.70. The van der Waals surface area contributed by atoms with Crippen molar-refractivity contribution < 1.29 is 10.0 Å². The quantitative estimate of drug-likeness (QED) is 0.571. The van der Waals surface area contributed by atoms with Gasteiger partial charge in [-0.15, -0.1) is 0 Å². The molecule has 0 aliphatic heterocycles. The maximum absolute atomic E-state index is 10.7. The second-order valence-electron chi connectivity index (χ2n) is 3.62. The van der Waals surface area contributed by atoms with Gasteiger partial charge in [0.05, 0.1) is 11.0 Å². The summed E-state index contributed by atoms with van der Waals surface area (Å²) in [6.45, 7) is 0. The van der Waals surface area contributed by atoms with Crippen molar-refractivity contribution in [2.45, 2.75) is 25.0 Å². The van der Waals surface area contributed by atoms with Gasteiger partial charge in [-0.25, -0.2) is 0 Å². The highest BCUT2D eigenvalue weighted by atomic mass is 16.6. The van der Waals surface area contributed by atoms with E-state index in [0.717, 1.165) is 0 Å². The Balaban J connectivity index is 2.10. The molecule has 1 fully saturated rings. The van der Waals surface area contributed by atoms with Gasteiger partial charge in [0.1, 0.15) is 11.9 Å². The minimum absolute atomic E-state index is 0.0288. The van der Waals surface area contributed by atoms with E-state index in [0.29, 0.717) is 18.5 Å². The van der Waals surface area contributed by atoms with Crippen LogP contribution in [0.1, 0.15) is 12.8 Å². The zero-order valence-corrected chi connectivity index (χ0v) is 7.96. The third kappa shape index (κ3) is 2.04. The van der Waals surface area contributed by atoms with E-state index in [1.54, 1.807) is 6.07 Å². The summed E-state index contributed by atoms with van der Waals surface area (Å²) in [6.07, 6.45) is 3.73. The summed E-state index contributed by atoms with van der Waals surface area (Å²) < 4.78 is 0. The lowest BCUT2D eigenvalue weighted by Gasteiger charge is -2.32. The molecule has 6 nitrogen and oxygen atoms in total. The molecule has 0 bridgehead atoms. The number of aromatic nitrogens is 1. The Hall–Kier alpha value is -1.69. The zero-order valence-electron chi connectivity index (χ0n) is 7.96. The second-order valence-corrected chi connectivity index (χ2v) is 3.62. The number of anilines is 1. The molecule has 1 heterocycles. The first kappa shape index (κ1) is 9.85. The summed E-state index contributed by atoms with van der Waals surface area (Å²) in [5.74, 6) is 0. The van der Waals surface area contributed by atoms with Crippen LogP contribution in [0.2, 0.25) is 0 Å². The number of nitrogens with zero attached hydrogens (tertiary/aromatic N) is 2. The predicted octanol–water partition coefficient (Wildman–Crippen LogP) is 0.925. The van der Waals surface area contributed by atoms with Crippen molar-refractivity contribution in [3.63, 3.8) is 0 Å². The van der Waals surface area contributed by atoms with E-state index in [4.69, 9.17) is 5.11 Å². The fourth-order valence-corrected chi connectivity index (χ4v) is 1.58. The number of aliphatic hydroxyl groups is 1. The monoisotopic (exact) mass is 209 g/mol. The molecule has 0 atom stereocenters. The number of hydrogen-bond acceptors (Lipinski definition) is 5. The molecule has 2 rings (SSSR count). The van der Waals surface area contributed by atoms with Gasteiger partial charge in [-0.05, 0) is 18.9 Å². The molecule has 0 amide bonds. The molecule has 0 radical (unpaired) electrons. The van der Waals surface area contributed by atoms with Crippen LogP contribution in [0.25, 0.3) is 0 Å². The SMILES string of the molecule is O=[N+]([O-])c1cnccc1N[C@H]1C[C@@H](O)C1. The first-order valence-electron chi connectivity index (χ1n) is 4.70. The number of aliphatic hydroxyl groups excluding tert-OH is 1. The number of nitrogens with one attached hydrogen (secondary N) is 1. The van der Waals surface area contributed by atoms with E-state index >= 15 is 0 Å². The molecule has 1 aliphatic carbocycles. The van der Waals surface area contributed by atoms with Gasteiger partial charge in [0.25, 0.3) is 0 Å². The molecule has 0 saturated heterocycles. The zero-order chi connectivity index (χ0) is 10.8. The van der Waals surface area contributed by atoms with Crippen LogP contribution in [-0.4, -0.2) is 27.2 Å². The molecule has 1 saturated carbocycles. The molecular formula is C9H11N3O3. The van der Waals surface area contributed by atoms with Crippen LogP contribution in [0.3, 0.4) is 0 Å². The fraction of sp³-hybridized carbons (Fsp3) is 0.444. The molecule has 0 spiro atoms. The topological polar surface area (TPSA) is 88.3 Å². The molecule has 6 heteroatoms. The number of pyridine rings is 1. The Morgan fingerprint density at radius 3 is 2.93 bits per heavy atom. The lowest BCUT2D eigenvalue weighted by Crippen LogP contribution is -2.39. The average molecular weight is 209 g/mol. The number of nitro groups is 1. The maximum Gasteiger partial charge on any atom is 0.310 e. The van der Waals surface area contributed by atoms with Crippen LogP contribution >= 0.6 is 0 Å². The molecular weight excluding hydrogens is 198 g/mol.